The first kappa shape index (κ1) is 53.3. The minimum Gasteiger partial charge on any atom is -0.398 e. The number of aromatic nitrogens is 4. The second-order valence-electron chi connectivity index (χ2n) is 18.2. The lowest BCUT2D eigenvalue weighted by molar-refractivity contribution is 0.0587. The topological polar surface area (TPSA) is 219 Å². The van der Waals surface area contributed by atoms with Crippen molar-refractivity contribution in [1.29, 1.82) is 5.26 Å². The standard InChI is InChI=1S/C27H22N6O2S2.C20H19N3O2.C7H3N3S2.C2H3N/c1-32(2)11-12-33-25(34)18-7-3-5-15-13-16-6-4-8-20(23(16)24(22(15)18)26(33)35)29-27(36)28-17-9-10-19-21(14-17)31-37-30-19;1-22(2)9-10-23-19(24)14-7-3-5-12-11-13-6-4-8-15(21)17(13)18(16(12)14)20(23)25;11-4-8-5-1-2-6-7(3-5)10-12-9-6;1-2-3/h3-10,13-14H,11-12H2,1-2H3,(H2,28,29,36);3-8,11H,9-10,21H2,1-2H3;1-3H;1H3. The molecule has 0 fully saturated rings. The Morgan fingerprint density at radius 2 is 1.08 bits per heavy atom. The number of carbonyl (C=O) groups is 4. The lowest BCUT2D eigenvalue weighted by Gasteiger charge is -2.29. The molecule has 0 saturated carbocycles. The minimum absolute atomic E-state index is 0.237. The number of fused-ring (bicyclic) bond motifs is 6. The van der Waals surface area contributed by atoms with Crippen LogP contribution < -0.4 is 16.4 Å². The van der Waals surface area contributed by atoms with Gasteiger partial charge in [-0.1, -0.05) is 48.5 Å². The molecule has 10 aromatic rings. The highest BCUT2D eigenvalue weighted by atomic mass is 32.1. The van der Waals surface area contributed by atoms with Gasteiger partial charge in [0.1, 0.15) is 22.1 Å². The van der Waals surface area contributed by atoms with Gasteiger partial charge in [0.2, 0.25) is 0 Å². The van der Waals surface area contributed by atoms with Gasteiger partial charge in [0, 0.05) is 82.8 Å². The SMILES string of the molecule is CC#N.CN(C)CCN1C(=O)c2cccc3cc4cccc(N)c4c(c23)C1=O.CN(C)CCN1C(=O)c2cccc3cc4cccc(NC(=S)Nc5ccc6nsnc6c5)c4c(c23)C1=O.S=C=Nc1ccc2nsnc2c1. The Bertz CT molecular complexity index is 4110. The van der Waals surface area contributed by atoms with Gasteiger partial charge in [-0.15, -0.1) is 0 Å². The normalized spacial score (nSPS) is 12.5. The molecule has 0 spiro atoms. The molecule has 2 aliphatic heterocycles. The van der Waals surface area contributed by atoms with Crippen molar-refractivity contribution in [1.82, 2.24) is 37.1 Å². The van der Waals surface area contributed by atoms with Crippen molar-refractivity contribution < 1.29 is 19.2 Å². The first-order valence-electron chi connectivity index (χ1n) is 23.9. The van der Waals surface area contributed by atoms with Crippen LogP contribution in [-0.4, -0.2) is 125 Å². The fraction of sp³-hybridized carbons (Fsp3) is 0.161. The van der Waals surface area contributed by atoms with Crippen LogP contribution in [0.4, 0.5) is 22.7 Å². The van der Waals surface area contributed by atoms with E-state index in [0.717, 1.165) is 77.5 Å². The molecule has 0 aliphatic carbocycles. The summed E-state index contributed by atoms with van der Waals surface area (Å²) in [5.41, 5.74) is 14.5. The van der Waals surface area contributed by atoms with Gasteiger partial charge in [0.15, 0.2) is 5.11 Å². The highest BCUT2D eigenvalue weighted by molar-refractivity contribution is 7.80. The van der Waals surface area contributed by atoms with Gasteiger partial charge in [0.05, 0.1) is 51.5 Å². The zero-order valence-corrected chi connectivity index (χ0v) is 45.5. The number of carbonyl (C=O) groups excluding carboxylic acids is 4. The van der Waals surface area contributed by atoms with Gasteiger partial charge in [-0.05, 0) is 147 Å². The molecule has 384 valence electrons. The average Bonchev–Trinajstić information content (AvgIpc) is 4.11. The molecule has 0 saturated heterocycles. The maximum atomic E-state index is 13.9. The van der Waals surface area contributed by atoms with Crippen LogP contribution in [-0.2, 0) is 0 Å². The number of hydrogen-bond acceptors (Lipinski definition) is 17. The third-order valence-electron chi connectivity index (χ3n) is 12.6. The lowest BCUT2D eigenvalue weighted by Crippen LogP contribution is -2.43. The molecule has 4 heterocycles. The van der Waals surface area contributed by atoms with Gasteiger partial charge in [0.25, 0.3) is 23.6 Å². The van der Waals surface area contributed by atoms with Gasteiger partial charge < -0.3 is 26.2 Å². The summed E-state index contributed by atoms with van der Waals surface area (Å²) in [5.74, 6) is -1.06. The number of thiocarbonyl (C=S) groups is 2. The monoisotopic (exact) mass is 1090 g/mol. The Kier molecular flexibility index (Phi) is 16.0. The number of nitrogen functional groups attached to an aromatic ring is 1. The van der Waals surface area contributed by atoms with Crippen molar-refractivity contribution in [2.45, 2.75) is 6.92 Å². The van der Waals surface area contributed by atoms with E-state index in [-0.39, 0.29) is 23.6 Å². The van der Waals surface area contributed by atoms with E-state index in [9.17, 15) is 19.2 Å². The largest absolute Gasteiger partial charge is 0.398 e. The van der Waals surface area contributed by atoms with E-state index in [4.69, 9.17) is 23.2 Å². The van der Waals surface area contributed by atoms with Crippen LogP contribution in [0, 0.1) is 11.3 Å². The number of nitrogens with zero attached hydrogens (tertiary/aromatic N) is 10. The summed E-state index contributed by atoms with van der Waals surface area (Å²) < 4.78 is 16.6. The molecular formula is C56H47N13O4S4. The molecule has 12 rings (SSSR count). The molecule has 8 aromatic carbocycles. The summed E-state index contributed by atoms with van der Waals surface area (Å²) in [7, 11) is 7.67. The third-order valence-corrected chi connectivity index (χ3v) is 14.0. The van der Waals surface area contributed by atoms with Crippen molar-refractivity contribution in [2.75, 3.05) is 70.7 Å². The molecule has 0 atom stereocenters. The number of nitrogens with two attached hydrogens (primary N) is 1. The molecule has 0 radical (unpaired) electrons. The Labute approximate surface area is 460 Å². The van der Waals surface area contributed by atoms with E-state index in [0.29, 0.717) is 75.7 Å². The molecule has 4 amide bonds. The Hall–Kier alpha value is -8.58. The summed E-state index contributed by atoms with van der Waals surface area (Å²) in [5, 5.41) is 22.9. The second kappa shape index (κ2) is 23.1. The number of nitriles is 1. The van der Waals surface area contributed by atoms with Crippen LogP contribution in [0.1, 0.15) is 48.4 Å². The first-order chi connectivity index (χ1) is 37.2. The predicted molar refractivity (Wildman–Crippen MR) is 316 cm³/mol. The first-order valence-corrected chi connectivity index (χ1v) is 26.1. The average molecular weight is 1090 g/mol. The zero-order chi connectivity index (χ0) is 54.5. The predicted octanol–water partition coefficient (Wildman–Crippen LogP) is 10.7. The number of amides is 4. The lowest BCUT2D eigenvalue weighted by atomic mass is 9.89. The highest BCUT2D eigenvalue weighted by Gasteiger charge is 2.36. The van der Waals surface area contributed by atoms with Gasteiger partial charge in [-0.3, -0.25) is 29.0 Å². The number of rotatable bonds is 9. The molecule has 4 N–H and O–H groups in total. The molecule has 2 aliphatic rings. The number of nitrogens with one attached hydrogen (secondary N) is 2. The van der Waals surface area contributed by atoms with E-state index < -0.39 is 0 Å². The Morgan fingerprint density at radius 1 is 0.610 bits per heavy atom. The van der Waals surface area contributed by atoms with E-state index >= 15 is 0 Å². The molecular weight excluding hydrogens is 1050 g/mol. The fourth-order valence-corrected chi connectivity index (χ4v) is 10.5. The van der Waals surface area contributed by atoms with Crippen molar-refractivity contribution in [3.63, 3.8) is 0 Å². The molecule has 77 heavy (non-hydrogen) atoms. The number of benzene rings is 8. The van der Waals surface area contributed by atoms with Gasteiger partial charge in [-0.2, -0.15) is 27.7 Å². The summed E-state index contributed by atoms with van der Waals surface area (Å²) in [4.78, 5) is 63.8. The van der Waals surface area contributed by atoms with Crippen LogP contribution >= 0.6 is 47.9 Å². The van der Waals surface area contributed by atoms with Crippen LogP contribution in [0.15, 0.2) is 126 Å². The number of anilines is 3. The summed E-state index contributed by atoms with van der Waals surface area (Å²) >= 11 is 12.5. The van der Waals surface area contributed by atoms with E-state index in [1.54, 1.807) is 24.3 Å². The van der Waals surface area contributed by atoms with E-state index in [2.05, 4.69) is 50.5 Å². The zero-order valence-electron chi connectivity index (χ0n) is 42.2. The number of isothiocyanates is 1. The molecule has 0 unspecified atom stereocenters. The number of imide groups is 2. The van der Waals surface area contributed by atoms with Crippen molar-refractivity contribution in [3.05, 3.63) is 144 Å². The highest BCUT2D eigenvalue weighted by Crippen LogP contribution is 2.40. The molecule has 2 aromatic heterocycles. The maximum absolute atomic E-state index is 13.9. The van der Waals surface area contributed by atoms with E-state index in [1.165, 1.54) is 28.5 Å². The minimum atomic E-state index is -0.296. The number of aliphatic imine (C=N–C) groups is 1. The van der Waals surface area contributed by atoms with E-state index in [1.807, 2.05) is 141 Å². The Morgan fingerprint density at radius 3 is 1.62 bits per heavy atom. The smallest absolute Gasteiger partial charge is 0.262 e. The Balaban J connectivity index is 0.000000154. The molecule has 21 heteroatoms. The quantitative estimate of drug-likeness (QED) is 0.0402. The maximum Gasteiger partial charge on any atom is 0.262 e. The van der Waals surface area contributed by atoms with Crippen molar-refractivity contribution in [3.8, 4) is 6.07 Å². The van der Waals surface area contributed by atoms with Crippen LogP contribution in [0.3, 0.4) is 0 Å². The van der Waals surface area contributed by atoms with Crippen LogP contribution in [0.5, 0.6) is 0 Å². The second-order valence-corrected chi connectivity index (χ2v) is 19.8. The van der Waals surface area contributed by atoms with Crippen molar-refractivity contribution >= 4 is 170 Å². The third kappa shape index (κ3) is 10.9. The van der Waals surface area contributed by atoms with Crippen LogP contribution in [0.2, 0.25) is 0 Å². The molecule has 17 nitrogen and oxygen atoms in total. The molecule has 0 bridgehead atoms. The van der Waals surface area contributed by atoms with Gasteiger partial charge >= 0.3 is 0 Å². The number of likely N-dealkylation sites (N-methyl/N-ethyl adjacent to an activating group) is 2. The fourth-order valence-electron chi connectivity index (χ4n) is 9.17. The summed E-state index contributed by atoms with van der Waals surface area (Å²) in [6.07, 6.45) is 0. The number of hydrogen-bond donors (Lipinski definition) is 3. The summed E-state index contributed by atoms with van der Waals surface area (Å²) in [6, 6.07) is 39.5. The summed E-state index contributed by atoms with van der Waals surface area (Å²) in [6.45, 7) is 3.28. The van der Waals surface area contributed by atoms with Gasteiger partial charge in [-0.25, -0.2) is 0 Å². The van der Waals surface area contributed by atoms with Crippen LogP contribution in [0.25, 0.3) is 65.2 Å². The van der Waals surface area contributed by atoms with Crippen molar-refractivity contribution in [2.24, 2.45) is 4.99 Å².